The van der Waals surface area contributed by atoms with Crippen LogP contribution in [0.25, 0.3) is 11.5 Å². The first-order valence-electron chi connectivity index (χ1n) is 12.6. The van der Waals surface area contributed by atoms with Gasteiger partial charge in [-0.15, -0.1) is 0 Å². The Bertz CT molecular complexity index is 1330. The van der Waals surface area contributed by atoms with Gasteiger partial charge in [0, 0.05) is 24.2 Å². The fraction of sp³-hybridized carbons (Fsp3) is 0.370. The summed E-state index contributed by atoms with van der Waals surface area (Å²) < 4.78 is 69.3. The molecule has 0 spiro atoms. The van der Waals surface area contributed by atoms with Crippen LogP contribution in [0.5, 0.6) is 11.5 Å². The van der Waals surface area contributed by atoms with Gasteiger partial charge in [0.15, 0.2) is 23.0 Å². The van der Waals surface area contributed by atoms with Gasteiger partial charge < -0.3 is 30.3 Å². The van der Waals surface area contributed by atoms with Gasteiger partial charge in [0.05, 0.1) is 13.2 Å². The predicted molar refractivity (Wildman–Crippen MR) is 137 cm³/mol. The van der Waals surface area contributed by atoms with E-state index in [-0.39, 0.29) is 46.5 Å². The SMILES string of the molecule is CC.CNC(=O)C(NC(=O)c1nc(-c2ccc(OC(F)F)c(OCC3CC3)c2)oc1CN)c1ccc(F)cc1F. The Labute approximate surface area is 228 Å². The zero-order chi connectivity index (χ0) is 29.4. The van der Waals surface area contributed by atoms with E-state index in [1.807, 2.05) is 13.8 Å². The van der Waals surface area contributed by atoms with Crippen LogP contribution in [0.1, 0.15) is 54.5 Å². The van der Waals surface area contributed by atoms with Crippen molar-refractivity contribution in [3.63, 3.8) is 0 Å². The van der Waals surface area contributed by atoms with Crippen LogP contribution in [0.15, 0.2) is 40.8 Å². The number of nitrogens with zero attached hydrogens (tertiary/aromatic N) is 1. The van der Waals surface area contributed by atoms with Crippen molar-refractivity contribution in [1.82, 2.24) is 15.6 Å². The number of alkyl halides is 2. The van der Waals surface area contributed by atoms with Gasteiger partial charge in [0.25, 0.3) is 5.91 Å². The van der Waals surface area contributed by atoms with Crippen LogP contribution in [-0.2, 0) is 11.3 Å². The molecular weight excluding hydrogens is 536 g/mol. The highest BCUT2D eigenvalue weighted by molar-refractivity contribution is 5.97. The topological polar surface area (TPSA) is 129 Å². The molecule has 2 amide bonds. The van der Waals surface area contributed by atoms with Crippen LogP contribution in [0.3, 0.4) is 0 Å². The highest BCUT2D eigenvalue weighted by Gasteiger charge is 2.29. The van der Waals surface area contributed by atoms with Crippen LogP contribution in [0.2, 0.25) is 0 Å². The third-order valence-electron chi connectivity index (χ3n) is 5.73. The molecule has 1 unspecified atom stereocenters. The summed E-state index contributed by atoms with van der Waals surface area (Å²) in [6, 6.07) is 5.08. The van der Waals surface area contributed by atoms with Crippen molar-refractivity contribution in [1.29, 1.82) is 0 Å². The first-order valence-corrected chi connectivity index (χ1v) is 12.6. The molecule has 1 fully saturated rings. The second-order valence-corrected chi connectivity index (χ2v) is 8.48. The molecule has 1 heterocycles. The number of ether oxygens (including phenoxy) is 2. The number of halogens is 4. The summed E-state index contributed by atoms with van der Waals surface area (Å²) in [6.07, 6.45) is 1.95. The van der Waals surface area contributed by atoms with Crippen molar-refractivity contribution in [3.8, 4) is 23.0 Å². The normalized spacial score (nSPS) is 13.2. The summed E-state index contributed by atoms with van der Waals surface area (Å²) in [6.45, 7) is 0.990. The van der Waals surface area contributed by atoms with Crippen molar-refractivity contribution >= 4 is 11.8 Å². The molecule has 1 aliphatic rings. The molecule has 9 nitrogen and oxygen atoms in total. The van der Waals surface area contributed by atoms with E-state index in [0.29, 0.717) is 18.6 Å². The minimum atomic E-state index is -3.07. The van der Waals surface area contributed by atoms with E-state index >= 15 is 0 Å². The molecule has 3 aromatic rings. The molecule has 1 saturated carbocycles. The summed E-state index contributed by atoms with van der Waals surface area (Å²) >= 11 is 0. The number of aromatic nitrogens is 1. The Kier molecular flexibility index (Phi) is 10.5. The molecule has 4 N–H and O–H groups in total. The summed E-state index contributed by atoms with van der Waals surface area (Å²) in [7, 11) is 1.28. The number of benzene rings is 2. The molecule has 2 aromatic carbocycles. The lowest BCUT2D eigenvalue weighted by atomic mass is 10.0. The first-order chi connectivity index (χ1) is 19.2. The third kappa shape index (κ3) is 7.50. The van der Waals surface area contributed by atoms with Crippen molar-refractivity contribution in [3.05, 3.63) is 65.1 Å². The van der Waals surface area contributed by atoms with Gasteiger partial charge in [-0.25, -0.2) is 13.8 Å². The van der Waals surface area contributed by atoms with E-state index in [2.05, 4.69) is 20.4 Å². The van der Waals surface area contributed by atoms with E-state index in [1.165, 1.54) is 25.2 Å². The number of amides is 2. The predicted octanol–water partition coefficient (Wildman–Crippen LogP) is 4.71. The highest BCUT2D eigenvalue weighted by atomic mass is 19.3. The van der Waals surface area contributed by atoms with Crippen LogP contribution in [0.4, 0.5) is 17.6 Å². The van der Waals surface area contributed by atoms with E-state index in [0.717, 1.165) is 25.0 Å². The summed E-state index contributed by atoms with van der Waals surface area (Å²) in [5.74, 6) is -3.52. The number of rotatable bonds is 11. The van der Waals surface area contributed by atoms with Crippen LogP contribution < -0.4 is 25.8 Å². The Morgan fingerprint density at radius 1 is 1.12 bits per heavy atom. The van der Waals surface area contributed by atoms with Gasteiger partial charge in [0.2, 0.25) is 11.8 Å². The maximum Gasteiger partial charge on any atom is 0.387 e. The van der Waals surface area contributed by atoms with E-state index in [9.17, 15) is 27.2 Å². The molecule has 216 valence electrons. The number of nitrogens with two attached hydrogens (primary N) is 1. The van der Waals surface area contributed by atoms with Crippen molar-refractivity contribution in [2.24, 2.45) is 11.7 Å². The maximum absolute atomic E-state index is 14.4. The highest BCUT2D eigenvalue weighted by Crippen LogP contribution is 2.36. The van der Waals surface area contributed by atoms with Crippen LogP contribution >= 0.6 is 0 Å². The van der Waals surface area contributed by atoms with Crippen LogP contribution in [0, 0.1) is 17.6 Å². The first kappa shape index (κ1) is 30.4. The third-order valence-corrected chi connectivity index (χ3v) is 5.73. The van der Waals surface area contributed by atoms with Gasteiger partial charge in [0.1, 0.15) is 17.7 Å². The largest absolute Gasteiger partial charge is 0.489 e. The molecule has 0 bridgehead atoms. The molecule has 1 aromatic heterocycles. The number of carbonyl (C=O) groups excluding carboxylic acids is 2. The number of hydrogen-bond donors (Lipinski definition) is 3. The lowest BCUT2D eigenvalue weighted by molar-refractivity contribution is -0.122. The molecule has 1 aliphatic carbocycles. The Balaban J connectivity index is 0.00000216. The number of nitrogens with one attached hydrogen (secondary N) is 2. The zero-order valence-electron chi connectivity index (χ0n) is 22.1. The lowest BCUT2D eigenvalue weighted by Crippen LogP contribution is -2.40. The fourth-order valence-electron chi connectivity index (χ4n) is 3.59. The van der Waals surface area contributed by atoms with Gasteiger partial charge in [-0.05, 0) is 43.0 Å². The number of oxazole rings is 1. The minimum absolute atomic E-state index is 0.0414. The fourth-order valence-corrected chi connectivity index (χ4v) is 3.59. The molecule has 0 saturated heterocycles. The van der Waals surface area contributed by atoms with Crippen molar-refractivity contribution < 1.29 is 41.0 Å². The number of carbonyl (C=O) groups is 2. The Morgan fingerprint density at radius 3 is 2.45 bits per heavy atom. The smallest absolute Gasteiger partial charge is 0.387 e. The second-order valence-electron chi connectivity index (χ2n) is 8.48. The van der Waals surface area contributed by atoms with Gasteiger partial charge in [-0.2, -0.15) is 8.78 Å². The summed E-state index contributed by atoms with van der Waals surface area (Å²) in [4.78, 5) is 29.7. The lowest BCUT2D eigenvalue weighted by Gasteiger charge is -2.18. The van der Waals surface area contributed by atoms with E-state index in [4.69, 9.17) is 14.9 Å². The van der Waals surface area contributed by atoms with Gasteiger partial charge in [-0.3, -0.25) is 9.59 Å². The zero-order valence-corrected chi connectivity index (χ0v) is 22.1. The molecule has 13 heteroatoms. The monoisotopic (exact) mass is 566 g/mol. The molecular formula is C27H30F4N4O5. The molecule has 1 atom stereocenters. The van der Waals surface area contributed by atoms with E-state index < -0.39 is 36.1 Å². The summed E-state index contributed by atoms with van der Waals surface area (Å²) in [5.41, 5.74) is 5.44. The Morgan fingerprint density at radius 2 is 1.85 bits per heavy atom. The Hall–Kier alpha value is -4.13. The van der Waals surface area contributed by atoms with Crippen molar-refractivity contribution in [2.75, 3.05) is 13.7 Å². The molecule has 4 rings (SSSR count). The minimum Gasteiger partial charge on any atom is -0.489 e. The number of hydrogen-bond acceptors (Lipinski definition) is 7. The molecule has 0 aliphatic heterocycles. The second kappa shape index (κ2) is 13.8. The average Bonchev–Trinajstić information content (AvgIpc) is 3.67. The van der Waals surface area contributed by atoms with Crippen molar-refractivity contribution in [2.45, 2.75) is 45.9 Å². The molecule has 40 heavy (non-hydrogen) atoms. The maximum atomic E-state index is 14.4. The van der Waals surface area contributed by atoms with Crippen LogP contribution in [-0.4, -0.2) is 37.1 Å². The number of likely N-dealkylation sites (N-methyl/N-ethyl adjacent to an activating group) is 1. The standard InChI is InChI=1S/C25H24F4N4O5.C2H6/c1-31-22(34)20(15-6-5-14(26)9-16(15)27)32-23(35)21-19(10-30)37-24(33-21)13-4-7-17(38-25(28)29)18(8-13)36-11-12-2-3-12;1-2/h4-9,12,20,25H,2-3,10-11,30H2,1H3,(H,31,34)(H,32,35);1-2H3. The van der Waals surface area contributed by atoms with E-state index in [1.54, 1.807) is 0 Å². The quantitative estimate of drug-likeness (QED) is 0.287. The van der Waals surface area contributed by atoms with Gasteiger partial charge >= 0.3 is 6.61 Å². The van der Waals surface area contributed by atoms with Gasteiger partial charge in [-0.1, -0.05) is 19.9 Å². The summed E-state index contributed by atoms with van der Waals surface area (Å²) in [5, 5.41) is 4.67. The average molecular weight is 567 g/mol. The molecule has 0 radical (unpaired) electrons.